The second-order valence-corrected chi connectivity index (χ2v) is 4.87. The molecule has 0 aliphatic heterocycles. The highest BCUT2D eigenvalue weighted by Crippen LogP contribution is 2.06. The summed E-state index contributed by atoms with van der Waals surface area (Å²) in [5.74, 6) is 0. The molecule has 0 heterocycles. The van der Waals surface area contributed by atoms with E-state index in [-0.39, 0.29) is 0 Å². The maximum atomic E-state index is 10.2. The third-order valence-corrected chi connectivity index (χ3v) is 3.11. The molecule has 0 bridgehead atoms. The highest BCUT2D eigenvalue weighted by Gasteiger charge is 1.96. The van der Waals surface area contributed by atoms with Crippen LogP contribution in [0, 0.1) is 0 Å². The average molecular weight is 138 g/mol. The van der Waals surface area contributed by atoms with Crippen LogP contribution in [-0.2, 0) is 8.87 Å². The van der Waals surface area contributed by atoms with Crippen molar-refractivity contribution >= 4 is 19.7 Å². The van der Waals surface area contributed by atoms with Crippen molar-refractivity contribution in [2.45, 2.75) is 0 Å². The van der Waals surface area contributed by atoms with E-state index < -0.39 is 8.87 Å². The minimum Gasteiger partial charge on any atom is -0.213 e. The first-order valence-corrected chi connectivity index (χ1v) is 4.84. The lowest BCUT2D eigenvalue weighted by Crippen LogP contribution is -1.81. The van der Waals surface area contributed by atoms with Gasteiger partial charge in [-0.2, -0.15) is 0 Å². The largest absolute Gasteiger partial charge is 0.222 e. The summed E-state index contributed by atoms with van der Waals surface area (Å²) in [6.45, 7) is 3.09. The van der Waals surface area contributed by atoms with Gasteiger partial charge < -0.3 is 0 Å². The predicted molar refractivity (Wildman–Crippen MR) is 32.6 cm³/mol. The molecule has 0 saturated carbocycles. The topological polar surface area (TPSA) is 34.1 Å². The normalized spacial score (nSPS) is 11.0. The Morgan fingerprint density at radius 1 is 1.71 bits per heavy atom. The maximum absolute atomic E-state index is 10.2. The van der Waals surface area contributed by atoms with E-state index in [2.05, 4.69) is 6.58 Å². The minimum absolute atomic E-state index is 0.781. The monoisotopic (exact) mass is 138 g/mol. The minimum atomic E-state index is -2.98. The molecular formula is C3H6O2S2. The summed E-state index contributed by atoms with van der Waals surface area (Å²) in [6.07, 6.45) is 1.50. The summed E-state index contributed by atoms with van der Waals surface area (Å²) < 4.78 is 20.4. The Balaban J connectivity index is 4.17. The standard InChI is InChI=1S/C3H6O2S2/c1-3-7(4,5)6-2/h3H,1H2,2H3. The molecule has 0 rings (SSSR count). The van der Waals surface area contributed by atoms with E-state index in [1.807, 2.05) is 0 Å². The zero-order valence-corrected chi connectivity index (χ0v) is 5.55. The van der Waals surface area contributed by atoms with Crippen LogP contribution < -0.4 is 0 Å². The Morgan fingerprint density at radius 2 is 2.14 bits per heavy atom. The van der Waals surface area contributed by atoms with Gasteiger partial charge in [-0.3, -0.25) is 0 Å². The molecular weight excluding hydrogens is 132 g/mol. The summed E-state index contributed by atoms with van der Waals surface area (Å²) in [6, 6.07) is 0. The molecule has 2 nitrogen and oxygen atoms in total. The zero-order chi connectivity index (χ0) is 5.91. The molecule has 4 heteroatoms. The second kappa shape index (κ2) is 2.37. The fourth-order valence-corrected chi connectivity index (χ4v) is 0.612. The smallest absolute Gasteiger partial charge is 0.213 e. The molecule has 0 aromatic carbocycles. The van der Waals surface area contributed by atoms with Gasteiger partial charge in [-0.1, -0.05) is 6.58 Å². The molecule has 0 unspecified atom stereocenters. The second-order valence-electron chi connectivity index (χ2n) is 0.826. The van der Waals surface area contributed by atoms with Crippen LogP contribution in [0.25, 0.3) is 0 Å². The maximum Gasteiger partial charge on any atom is 0.222 e. The summed E-state index contributed by atoms with van der Waals surface area (Å²) in [7, 11) is -2.20. The van der Waals surface area contributed by atoms with Crippen LogP contribution in [0.4, 0.5) is 0 Å². The number of hydrogen-bond donors (Lipinski definition) is 0. The van der Waals surface area contributed by atoms with Crippen molar-refractivity contribution in [3.05, 3.63) is 12.0 Å². The Hall–Kier alpha value is 0.0400. The molecule has 0 aliphatic carbocycles. The molecule has 0 aromatic rings. The SMILES string of the molecule is C=CS(=O)(=O)SC. The average Bonchev–Trinajstić information content (AvgIpc) is 1.68. The summed E-state index contributed by atoms with van der Waals surface area (Å²) in [5.41, 5.74) is 0. The highest BCUT2D eigenvalue weighted by atomic mass is 33.1. The molecule has 0 aliphatic rings. The molecule has 0 aromatic heterocycles. The Kier molecular flexibility index (Phi) is 2.39. The Labute approximate surface area is 46.9 Å². The van der Waals surface area contributed by atoms with Crippen molar-refractivity contribution in [2.24, 2.45) is 0 Å². The highest BCUT2D eigenvalue weighted by molar-refractivity contribution is 8.72. The molecule has 0 amide bonds. The van der Waals surface area contributed by atoms with E-state index >= 15 is 0 Å². The Morgan fingerprint density at radius 3 is 2.14 bits per heavy atom. The van der Waals surface area contributed by atoms with Crippen molar-refractivity contribution in [1.29, 1.82) is 0 Å². The van der Waals surface area contributed by atoms with Gasteiger partial charge in [0.1, 0.15) is 0 Å². The van der Waals surface area contributed by atoms with Gasteiger partial charge in [0.25, 0.3) is 0 Å². The first-order chi connectivity index (χ1) is 3.12. The fraction of sp³-hybridized carbons (Fsp3) is 0.333. The lowest BCUT2D eigenvalue weighted by Gasteiger charge is -1.83. The van der Waals surface area contributed by atoms with Crippen LogP contribution >= 0.6 is 10.8 Å². The van der Waals surface area contributed by atoms with Gasteiger partial charge in [-0.15, -0.1) is 0 Å². The van der Waals surface area contributed by atoms with E-state index in [9.17, 15) is 8.42 Å². The van der Waals surface area contributed by atoms with Crippen LogP contribution in [-0.4, -0.2) is 14.7 Å². The quantitative estimate of drug-likeness (QED) is 0.530. The summed E-state index contributed by atoms with van der Waals surface area (Å²) in [5, 5.41) is 0.928. The summed E-state index contributed by atoms with van der Waals surface area (Å²) >= 11 is 0. The van der Waals surface area contributed by atoms with Crippen LogP contribution in [0.1, 0.15) is 0 Å². The fourth-order valence-electron chi connectivity index (χ4n) is 0.0680. The molecule has 0 atom stereocenters. The van der Waals surface area contributed by atoms with E-state index in [4.69, 9.17) is 0 Å². The van der Waals surface area contributed by atoms with E-state index in [0.29, 0.717) is 0 Å². The third-order valence-electron chi connectivity index (χ3n) is 0.436. The molecule has 42 valence electrons. The van der Waals surface area contributed by atoms with Gasteiger partial charge in [-0.05, 0) is 17.0 Å². The van der Waals surface area contributed by atoms with Gasteiger partial charge in [0.2, 0.25) is 8.87 Å². The van der Waals surface area contributed by atoms with E-state index in [1.165, 1.54) is 6.26 Å². The van der Waals surface area contributed by atoms with Crippen LogP contribution in [0.2, 0.25) is 0 Å². The van der Waals surface area contributed by atoms with Crippen molar-refractivity contribution < 1.29 is 8.42 Å². The van der Waals surface area contributed by atoms with E-state index in [0.717, 1.165) is 16.2 Å². The Bertz CT molecular complexity index is 144. The lowest BCUT2D eigenvalue weighted by molar-refractivity contribution is 0.618. The predicted octanol–water partition coefficient (Wildman–Crippen LogP) is 0.823. The number of hydrogen-bond acceptors (Lipinski definition) is 3. The zero-order valence-electron chi connectivity index (χ0n) is 3.92. The van der Waals surface area contributed by atoms with Crippen molar-refractivity contribution in [3.8, 4) is 0 Å². The van der Waals surface area contributed by atoms with Crippen molar-refractivity contribution in [1.82, 2.24) is 0 Å². The van der Waals surface area contributed by atoms with Crippen LogP contribution in [0.3, 0.4) is 0 Å². The molecule has 0 fully saturated rings. The number of rotatable bonds is 2. The summed E-state index contributed by atoms with van der Waals surface area (Å²) in [4.78, 5) is 0. The molecule has 0 saturated heterocycles. The van der Waals surface area contributed by atoms with Gasteiger partial charge in [-0.25, -0.2) is 8.42 Å². The van der Waals surface area contributed by atoms with Gasteiger partial charge in [0.05, 0.1) is 0 Å². The first-order valence-electron chi connectivity index (χ1n) is 1.55. The van der Waals surface area contributed by atoms with Gasteiger partial charge in [0, 0.05) is 5.41 Å². The van der Waals surface area contributed by atoms with Gasteiger partial charge >= 0.3 is 0 Å². The molecule has 0 radical (unpaired) electrons. The van der Waals surface area contributed by atoms with Crippen LogP contribution in [0.5, 0.6) is 0 Å². The lowest BCUT2D eigenvalue weighted by atomic mass is 11.3. The van der Waals surface area contributed by atoms with Crippen LogP contribution in [0.15, 0.2) is 12.0 Å². The van der Waals surface area contributed by atoms with Gasteiger partial charge in [0.15, 0.2) is 0 Å². The molecule has 0 spiro atoms. The molecule has 0 N–H and O–H groups in total. The third kappa shape index (κ3) is 2.70. The van der Waals surface area contributed by atoms with E-state index in [1.54, 1.807) is 0 Å². The van der Waals surface area contributed by atoms with Crippen molar-refractivity contribution in [3.63, 3.8) is 0 Å². The first kappa shape index (κ1) is 7.04. The molecule has 7 heavy (non-hydrogen) atoms. The van der Waals surface area contributed by atoms with Crippen molar-refractivity contribution in [2.75, 3.05) is 6.26 Å².